The molecule has 100 valence electrons. The van der Waals surface area contributed by atoms with E-state index in [2.05, 4.69) is 40.1 Å². The molecule has 1 fully saturated rings. The number of hydrogen-bond donors (Lipinski definition) is 1. The summed E-state index contributed by atoms with van der Waals surface area (Å²) in [7, 11) is 2.04. The Kier molecular flexibility index (Phi) is 4.53. The molecule has 0 aromatic carbocycles. The van der Waals surface area contributed by atoms with Crippen LogP contribution in [0.4, 0.5) is 5.82 Å². The van der Waals surface area contributed by atoms with Crippen molar-refractivity contribution in [3.05, 3.63) is 18.1 Å². The van der Waals surface area contributed by atoms with Gasteiger partial charge in [-0.15, -0.1) is 0 Å². The van der Waals surface area contributed by atoms with Gasteiger partial charge in [-0.25, -0.2) is 9.97 Å². The highest BCUT2D eigenvalue weighted by Gasteiger charge is 2.27. The normalized spacial score (nSPS) is 21.9. The number of hydrogen-bond acceptors (Lipinski definition) is 4. The van der Waals surface area contributed by atoms with Crippen molar-refractivity contribution in [2.75, 3.05) is 18.5 Å². The van der Waals surface area contributed by atoms with E-state index in [1.165, 1.54) is 19.3 Å². The number of aromatic nitrogens is 2. The molecular formula is C14H24N4. The Morgan fingerprint density at radius 1 is 1.44 bits per heavy atom. The molecule has 2 rings (SSSR count). The Labute approximate surface area is 110 Å². The van der Waals surface area contributed by atoms with Crippen molar-refractivity contribution in [3.8, 4) is 0 Å². The predicted molar refractivity (Wildman–Crippen MR) is 74.9 cm³/mol. The summed E-state index contributed by atoms with van der Waals surface area (Å²) in [5.74, 6) is 1.09. The van der Waals surface area contributed by atoms with Crippen molar-refractivity contribution in [3.63, 3.8) is 0 Å². The van der Waals surface area contributed by atoms with Crippen LogP contribution >= 0.6 is 0 Å². The molecule has 1 aliphatic rings. The summed E-state index contributed by atoms with van der Waals surface area (Å²) in [6, 6.07) is 3.18. The molecule has 0 radical (unpaired) electrons. The van der Waals surface area contributed by atoms with Gasteiger partial charge in [0.05, 0.1) is 0 Å². The molecule has 0 saturated carbocycles. The van der Waals surface area contributed by atoms with Crippen LogP contribution in [0.1, 0.15) is 38.8 Å². The SMILES string of the molecule is CCc1cc(N2CCCCC2C(C)NC)ncn1. The molecule has 2 heterocycles. The summed E-state index contributed by atoms with van der Waals surface area (Å²) in [5.41, 5.74) is 1.13. The van der Waals surface area contributed by atoms with Gasteiger partial charge in [-0.3, -0.25) is 0 Å². The van der Waals surface area contributed by atoms with Crippen molar-refractivity contribution in [2.45, 2.75) is 51.6 Å². The van der Waals surface area contributed by atoms with Crippen LogP contribution in [0.5, 0.6) is 0 Å². The summed E-state index contributed by atoms with van der Waals surface area (Å²) >= 11 is 0. The van der Waals surface area contributed by atoms with Crippen LogP contribution in [0.15, 0.2) is 12.4 Å². The Hall–Kier alpha value is -1.16. The third-order valence-electron chi connectivity index (χ3n) is 3.95. The third-order valence-corrected chi connectivity index (χ3v) is 3.95. The van der Waals surface area contributed by atoms with Gasteiger partial charge in [-0.05, 0) is 39.7 Å². The molecule has 4 heteroatoms. The van der Waals surface area contributed by atoms with E-state index < -0.39 is 0 Å². The number of likely N-dealkylation sites (N-methyl/N-ethyl adjacent to an activating group) is 1. The molecule has 0 bridgehead atoms. The summed E-state index contributed by atoms with van der Waals surface area (Å²) in [6.07, 6.45) is 6.49. The molecule has 0 aliphatic carbocycles. The monoisotopic (exact) mass is 248 g/mol. The fourth-order valence-corrected chi connectivity index (χ4v) is 2.69. The Bertz CT molecular complexity index is 380. The maximum Gasteiger partial charge on any atom is 0.132 e. The van der Waals surface area contributed by atoms with Gasteiger partial charge in [0, 0.05) is 30.4 Å². The maximum atomic E-state index is 4.46. The molecule has 0 spiro atoms. The molecule has 1 aromatic heterocycles. The van der Waals surface area contributed by atoms with E-state index in [9.17, 15) is 0 Å². The highest BCUT2D eigenvalue weighted by molar-refractivity contribution is 5.41. The highest BCUT2D eigenvalue weighted by Crippen LogP contribution is 2.25. The van der Waals surface area contributed by atoms with Gasteiger partial charge in [0.15, 0.2) is 0 Å². The average Bonchev–Trinajstić information content (AvgIpc) is 2.46. The molecule has 1 saturated heterocycles. The quantitative estimate of drug-likeness (QED) is 0.885. The van der Waals surface area contributed by atoms with Crippen molar-refractivity contribution in [1.29, 1.82) is 0 Å². The van der Waals surface area contributed by atoms with Crippen molar-refractivity contribution < 1.29 is 0 Å². The first kappa shape index (κ1) is 13.3. The molecule has 1 aliphatic heterocycles. The van der Waals surface area contributed by atoms with E-state index in [0.29, 0.717) is 12.1 Å². The topological polar surface area (TPSA) is 41.0 Å². The first-order chi connectivity index (χ1) is 8.76. The second-order valence-electron chi connectivity index (χ2n) is 5.05. The lowest BCUT2D eigenvalue weighted by atomic mass is 9.96. The van der Waals surface area contributed by atoms with E-state index >= 15 is 0 Å². The first-order valence-electron chi connectivity index (χ1n) is 7.01. The smallest absolute Gasteiger partial charge is 0.132 e. The van der Waals surface area contributed by atoms with Gasteiger partial charge in [0.25, 0.3) is 0 Å². The van der Waals surface area contributed by atoms with Gasteiger partial charge in [0.2, 0.25) is 0 Å². The fraction of sp³-hybridized carbons (Fsp3) is 0.714. The summed E-state index contributed by atoms with van der Waals surface area (Å²) in [4.78, 5) is 11.2. The van der Waals surface area contributed by atoms with Crippen LogP contribution in [0.3, 0.4) is 0 Å². The van der Waals surface area contributed by atoms with E-state index in [1.54, 1.807) is 6.33 Å². The molecular weight excluding hydrogens is 224 g/mol. The Balaban J connectivity index is 2.21. The van der Waals surface area contributed by atoms with Gasteiger partial charge >= 0.3 is 0 Å². The molecule has 18 heavy (non-hydrogen) atoms. The number of aryl methyl sites for hydroxylation is 1. The number of nitrogens with zero attached hydrogens (tertiary/aromatic N) is 3. The van der Waals surface area contributed by atoms with Gasteiger partial charge in [-0.1, -0.05) is 6.92 Å². The lowest BCUT2D eigenvalue weighted by Crippen LogP contribution is -2.50. The average molecular weight is 248 g/mol. The predicted octanol–water partition coefficient (Wildman–Crippen LogP) is 2.01. The summed E-state index contributed by atoms with van der Waals surface area (Å²) in [6.45, 7) is 5.50. The zero-order chi connectivity index (χ0) is 13.0. The van der Waals surface area contributed by atoms with Gasteiger partial charge in [-0.2, -0.15) is 0 Å². The number of piperidine rings is 1. The van der Waals surface area contributed by atoms with Gasteiger partial charge in [0.1, 0.15) is 12.1 Å². The van der Waals surface area contributed by atoms with E-state index in [-0.39, 0.29) is 0 Å². The Morgan fingerprint density at radius 3 is 3.00 bits per heavy atom. The van der Waals surface area contributed by atoms with Crippen molar-refractivity contribution in [1.82, 2.24) is 15.3 Å². The van der Waals surface area contributed by atoms with Crippen LogP contribution in [0, 0.1) is 0 Å². The third kappa shape index (κ3) is 2.80. The fourth-order valence-electron chi connectivity index (χ4n) is 2.69. The minimum absolute atomic E-state index is 0.491. The zero-order valence-electron chi connectivity index (χ0n) is 11.7. The molecule has 1 N–H and O–H groups in total. The maximum absolute atomic E-state index is 4.46. The lowest BCUT2D eigenvalue weighted by molar-refractivity contribution is 0.380. The molecule has 0 amide bonds. The lowest BCUT2D eigenvalue weighted by Gasteiger charge is -2.40. The molecule has 2 unspecified atom stereocenters. The van der Waals surface area contributed by atoms with E-state index in [0.717, 1.165) is 24.5 Å². The van der Waals surface area contributed by atoms with Crippen LogP contribution in [-0.2, 0) is 6.42 Å². The zero-order valence-corrected chi connectivity index (χ0v) is 11.7. The second-order valence-corrected chi connectivity index (χ2v) is 5.05. The largest absolute Gasteiger partial charge is 0.352 e. The van der Waals surface area contributed by atoms with Crippen LogP contribution in [-0.4, -0.2) is 35.6 Å². The minimum Gasteiger partial charge on any atom is -0.352 e. The molecule has 2 atom stereocenters. The molecule has 4 nitrogen and oxygen atoms in total. The molecule has 1 aromatic rings. The van der Waals surface area contributed by atoms with Crippen molar-refractivity contribution >= 4 is 5.82 Å². The first-order valence-corrected chi connectivity index (χ1v) is 7.01. The van der Waals surface area contributed by atoms with Crippen molar-refractivity contribution in [2.24, 2.45) is 0 Å². The summed E-state index contributed by atoms with van der Waals surface area (Å²) in [5, 5.41) is 3.38. The Morgan fingerprint density at radius 2 is 2.28 bits per heavy atom. The second kappa shape index (κ2) is 6.14. The number of anilines is 1. The minimum atomic E-state index is 0.491. The van der Waals surface area contributed by atoms with Gasteiger partial charge < -0.3 is 10.2 Å². The van der Waals surface area contributed by atoms with Crippen LogP contribution in [0.2, 0.25) is 0 Å². The standard InChI is InChI=1S/C14H24N4/c1-4-12-9-14(17-10-16-12)18-8-6-5-7-13(18)11(2)15-3/h9-11,13,15H,4-8H2,1-3H3. The highest BCUT2D eigenvalue weighted by atomic mass is 15.2. The number of rotatable bonds is 4. The van der Waals surface area contributed by atoms with E-state index in [4.69, 9.17) is 0 Å². The number of nitrogens with one attached hydrogen (secondary N) is 1. The van der Waals surface area contributed by atoms with E-state index in [1.807, 2.05) is 7.05 Å². The van der Waals surface area contributed by atoms with Crippen LogP contribution < -0.4 is 10.2 Å². The summed E-state index contributed by atoms with van der Waals surface area (Å²) < 4.78 is 0. The van der Waals surface area contributed by atoms with Crippen LogP contribution in [0.25, 0.3) is 0 Å².